The monoisotopic (exact) mass is 348 g/mol. The van der Waals surface area contributed by atoms with Crippen molar-refractivity contribution in [2.24, 2.45) is 0 Å². The highest BCUT2D eigenvalue weighted by Gasteiger charge is 2.17. The third kappa shape index (κ3) is 4.87. The zero-order valence-electron chi connectivity index (χ0n) is 13.9. The molecule has 1 aromatic heterocycles. The van der Waals surface area contributed by atoms with Gasteiger partial charge in [0, 0.05) is 11.8 Å². The van der Waals surface area contributed by atoms with Gasteiger partial charge in [0.25, 0.3) is 0 Å². The van der Waals surface area contributed by atoms with Crippen LogP contribution < -0.4 is 15.8 Å². The summed E-state index contributed by atoms with van der Waals surface area (Å²) in [4.78, 5) is 30.1. The van der Waals surface area contributed by atoms with Crippen LogP contribution in [-0.4, -0.2) is 27.9 Å². The number of nitrogens with zero attached hydrogens (tertiary/aromatic N) is 2. The molecule has 0 aliphatic carbocycles. The highest BCUT2D eigenvalue weighted by molar-refractivity contribution is 5.85. The molecule has 3 N–H and O–H groups in total. The summed E-state index contributed by atoms with van der Waals surface area (Å²) in [6, 6.07) is 3.73. The van der Waals surface area contributed by atoms with Crippen molar-refractivity contribution in [1.82, 2.24) is 9.97 Å². The minimum Gasteiger partial charge on any atom is -0.444 e. The van der Waals surface area contributed by atoms with Crippen LogP contribution in [0.5, 0.6) is 11.6 Å². The molecule has 8 nitrogen and oxygen atoms in total. The average molecular weight is 348 g/mol. The van der Waals surface area contributed by atoms with E-state index in [2.05, 4.69) is 15.3 Å². The number of halogens is 1. The van der Waals surface area contributed by atoms with Gasteiger partial charge in [0.2, 0.25) is 5.88 Å². The summed E-state index contributed by atoms with van der Waals surface area (Å²) in [7, 11) is 0. The van der Waals surface area contributed by atoms with Crippen LogP contribution in [0.1, 0.15) is 31.1 Å². The maximum absolute atomic E-state index is 14.2. The molecule has 2 aromatic rings. The van der Waals surface area contributed by atoms with E-state index < -0.39 is 17.5 Å². The van der Waals surface area contributed by atoms with E-state index in [4.69, 9.17) is 15.2 Å². The van der Waals surface area contributed by atoms with Gasteiger partial charge in [-0.1, -0.05) is 0 Å². The first-order valence-electron chi connectivity index (χ1n) is 7.22. The maximum atomic E-state index is 14.2. The molecule has 1 aromatic carbocycles. The molecule has 0 atom stereocenters. The van der Waals surface area contributed by atoms with E-state index in [-0.39, 0.29) is 28.7 Å². The van der Waals surface area contributed by atoms with Gasteiger partial charge >= 0.3 is 6.09 Å². The Hall–Kier alpha value is -3.23. The van der Waals surface area contributed by atoms with Crippen LogP contribution in [-0.2, 0) is 4.74 Å². The lowest BCUT2D eigenvalue weighted by molar-refractivity contribution is 0.0635. The Balaban J connectivity index is 2.16. The lowest BCUT2D eigenvalue weighted by Gasteiger charge is -2.19. The summed E-state index contributed by atoms with van der Waals surface area (Å²) in [6.07, 6.45) is 0.794. The molecule has 132 valence electrons. The first-order valence-corrected chi connectivity index (χ1v) is 7.22. The molecule has 0 aliphatic heterocycles. The zero-order valence-corrected chi connectivity index (χ0v) is 13.9. The first-order chi connectivity index (χ1) is 11.7. The fourth-order valence-electron chi connectivity index (χ4n) is 1.77. The molecule has 0 saturated carbocycles. The summed E-state index contributed by atoms with van der Waals surface area (Å²) in [5.41, 5.74) is 4.95. The van der Waals surface area contributed by atoms with Gasteiger partial charge in [0.05, 0.1) is 0 Å². The van der Waals surface area contributed by atoms with Crippen molar-refractivity contribution >= 4 is 23.9 Å². The van der Waals surface area contributed by atoms with E-state index in [9.17, 15) is 14.0 Å². The molecular weight excluding hydrogens is 331 g/mol. The highest BCUT2D eigenvalue weighted by atomic mass is 19.1. The smallest absolute Gasteiger partial charge is 0.412 e. The van der Waals surface area contributed by atoms with Gasteiger partial charge in [-0.3, -0.25) is 10.1 Å². The Morgan fingerprint density at radius 2 is 2.04 bits per heavy atom. The highest BCUT2D eigenvalue weighted by Crippen LogP contribution is 2.28. The number of amides is 1. The van der Waals surface area contributed by atoms with Gasteiger partial charge in [-0.15, -0.1) is 0 Å². The van der Waals surface area contributed by atoms with Gasteiger partial charge in [-0.2, -0.15) is 0 Å². The topological polar surface area (TPSA) is 116 Å². The standard InChI is InChI=1S/C16H17FN4O4/c1-16(2,3)25-15(23)21-9-4-5-12(11(17)6-9)24-14-10(7-22)13(18)19-8-20-14/h4-8H,1-3H3,(H,21,23)(H2,18,19,20). The molecule has 0 fully saturated rings. The molecule has 0 aliphatic rings. The van der Waals surface area contributed by atoms with Gasteiger partial charge in [-0.25, -0.2) is 19.2 Å². The summed E-state index contributed by atoms with van der Waals surface area (Å²) in [5.74, 6) is -1.23. The number of ether oxygens (including phenoxy) is 2. The van der Waals surface area contributed by atoms with E-state index in [1.54, 1.807) is 20.8 Å². The van der Waals surface area contributed by atoms with Crippen molar-refractivity contribution in [3.63, 3.8) is 0 Å². The van der Waals surface area contributed by atoms with Crippen LogP contribution in [0.15, 0.2) is 24.5 Å². The number of carbonyl (C=O) groups is 2. The minimum atomic E-state index is -0.775. The van der Waals surface area contributed by atoms with Crippen molar-refractivity contribution in [2.75, 3.05) is 11.1 Å². The Labute approximate surface area is 143 Å². The number of nitrogens with one attached hydrogen (secondary N) is 1. The number of carbonyl (C=O) groups excluding carboxylic acids is 2. The number of aldehydes is 1. The van der Waals surface area contributed by atoms with E-state index in [1.807, 2.05) is 0 Å². The van der Waals surface area contributed by atoms with Crippen molar-refractivity contribution in [1.29, 1.82) is 0 Å². The molecule has 0 bridgehead atoms. The summed E-state index contributed by atoms with van der Waals surface area (Å²) in [6.45, 7) is 5.13. The minimum absolute atomic E-state index is 0.0800. The van der Waals surface area contributed by atoms with Gasteiger partial charge < -0.3 is 15.2 Å². The Morgan fingerprint density at radius 1 is 1.32 bits per heavy atom. The summed E-state index contributed by atoms with van der Waals surface area (Å²) < 4.78 is 24.5. The van der Waals surface area contributed by atoms with Crippen LogP contribution in [0.4, 0.5) is 20.7 Å². The number of hydrogen-bond acceptors (Lipinski definition) is 7. The quantitative estimate of drug-likeness (QED) is 0.815. The number of nitrogen functional groups attached to an aromatic ring is 1. The molecule has 0 unspecified atom stereocenters. The van der Waals surface area contributed by atoms with E-state index in [0.29, 0.717) is 6.29 Å². The average Bonchev–Trinajstić information content (AvgIpc) is 2.48. The SMILES string of the molecule is CC(C)(C)OC(=O)Nc1ccc(Oc2ncnc(N)c2C=O)c(F)c1. The number of rotatable bonds is 4. The van der Waals surface area contributed by atoms with Crippen molar-refractivity contribution in [2.45, 2.75) is 26.4 Å². The second-order valence-electron chi connectivity index (χ2n) is 5.97. The number of aromatic nitrogens is 2. The Bertz CT molecular complexity index is 805. The maximum Gasteiger partial charge on any atom is 0.412 e. The van der Waals surface area contributed by atoms with E-state index in [1.165, 1.54) is 12.1 Å². The molecule has 0 radical (unpaired) electrons. The molecule has 0 saturated heterocycles. The Morgan fingerprint density at radius 3 is 2.64 bits per heavy atom. The second kappa shape index (κ2) is 7.12. The lowest BCUT2D eigenvalue weighted by Crippen LogP contribution is -2.27. The summed E-state index contributed by atoms with van der Waals surface area (Å²) >= 11 is 0. The number of hydrogen-bond donors (Lipinski definition) is 2. The van der Waals surface area contributed by atoms with E-state index in [0.717, 1.165) is 12.4 Å². The Kier molecular flexibility index (Phi) is 5.16. The lowest BCUT2D eigenvalue weighted by atomic mass is 10.2. The predicted octanol–water partition coefficient (Wildman–Crippen LogP) is 3.15. The predicted molar refractivity (Wildman–Crippen MR) is 88.2 cm³/mol. The van der Waals surface area contributed by atoms with Crippen LogP contribution in [0, 0.1) is 5.82 Å². The molecule has 0 spiro atoms. The first kappa shape index (κ1) is 18.1. The molecule has 9 heteroatoms. The third-order valence-electron chi connectivity index (χ3n) is 2.78. The van der Waals surface area contributed by atoms with Crippen LogP contribution in [0.2, 0.25) is 0 Å². The van der Waals surface area contributed by atoms with Gasteiger partial charge in [0.15, 0.2) is 17.9 Å². The summed E-state index contributed by atoms with van der Waals surface area (Å²) in [5, 5.41) is 2.40. The molecule has 1 amide bonds. The van der Waals surface area contributed by atoms with Crippen LogP contribution >= 0.6 is 0 Å². The van der Waals surface area contributed by atoms with Gasteiger partial charge in [-0.05, 0) is 32.9 Å². The van der Waals surface area contributed by atoms with Gasteiger partial charge in [0.1, 0.15) is 23.3 Å². The molecule has 1 heterocycles. The van der Waals surface area contributed by atoms with Crippen molar-refractivity contribution < 1.29 is 23.5 Å². The number of nitrogens with two attached hydrogens (primary N) is 1. The van der Waals surface area contributed by atoms with Crippen LogP contribution in [0.25, 0.3) is 0 Å². The fraction of sp³-hybridized carbons (Fsp3) is 0.250. The fourth-order valence-corrected chi connectivity index (χ4v) is 1.77. The third-order valence-corrected chi connectivity index (χ3v) is 2.78. The zero-order chi connectivity index (χ0) is 18.6. The van der Waals surface area contributed by atoms with Crippen LogP contribution in [0.3, 0.4) is 0 Å². The van der Waals surface area contributed by atoms with E-state index >= 15 is 0 Å². The number of anilines is 2. The van der Waals surface area contributed by atoms with Crippen molar-refractivity contribution in [3.8, 4) is 11.6 Å². The largest absolute Gasteiger partial charge is 0.444 e. The number of benzene rings is 1. The molecule has 2 rings (SSSR count). The van der Waals surface area contributed by atoms with Crippen molar-refractivity contribution in [3.05, 3.63) is 35.9 Å². The molecular formula is C16H17FN4O4. The normalized spacial score (nSPS) is 10.9. The second-order valence-corrected chi connectivity index (χ2v) is 5.97. The molecule has 25 heavy (non-hydrogen) atoms.